The third kappa shape index (κ3) is 3.35. The molecule has 0 unspecified atom stereocenters. The third-order valence-electron chi connectivity index (χ3n) is 4.97. The van der Waals surface area contributed by atoms with Gasteiger partial charge in [0.15, 0.2) is 0 Å². The van der Waals surface area contributed by atoms with E-state index in [9.17, 15) is 9.59 Å². The quantitative estimate of drug-likeness (QED) is 0.844. The van der Waals surface area contributed by atoms with Crippen LogP contribution in [0.4, 0.5) is 0 Å². The molecule has 7 nitrogen and oxygen atoms in total. The molecule has 0 aliphatic carbocycles. The molecule has 1 saturated heterocycles. The Morgan fingerprint density at radius 1 is 1.27 bits per heavy atom. The topological polar surface area (TPSA) is 93.2 Å². The van der Waals surface area contributed by atoms with E-state index < -0.39 is 6.04 Å². The van der Waals surface area contributed by atoms with Gasteiger partial charge in [-0.2, -0.15) is 5.10 Å². The van der Waals surface area contributed by atoms with E-state index >= 15 is 0 Å². The van der Waals surface area contributed by atoms with Crippen molar-refractivity contribution in [1.29, 1.82) is 0 Å². The lowest BCUT2D eigenvalue weighted by atomic mass is 10.1. The smallest absolute Gasteiger partial charge is 0.242 e. The fourth-order valence-corrected chi connectivity index (χ4v) is 3.56. The SMILES string of the molecule is CNC(=O)[C@@H]1C[C@H](N)CN1C(=O)Cc1c(C)nn(-c2ccccc2)c1C. The monoisotopic (exact) mass is 355 g/mol. The third-order valence-corrected chi connectivity index (χ3v) is 4.97. The summed E-state index contributed by atoms with van der Waals surface area (Å²) in [6, 6.07) is 9.16. The van der Waals surface area contributed by atoms with Crippen LogP contribution in [0.3, 0.4) is 0 Å². The zero-order valence-corrected chi connectivity index (χ0v) is 15.4. The number of likely N-dealkylation sites (N-methyl/N-ethyl adjacent to an activating group) is 1. The second-order valence-electron chi connectivity index (χ2n) is 6.75. The molecule has 1 aliphatic heterocycles. The number of benzene rings is 1. The highest BCUT2D eigenvalue weighted by Gasteiger charge is 2.37. The predicted molar refractivity (Wildman–Crippen MR) is 98.9 cm³/mol. The fraction of sp³-hybridized carbons (Fsp3) is 0.421. The number of nitrogens with one attached hydrogen (secondary N) is 1. The lowest BCUT2D eigenvalue weighted by Crippen LogP contribution is -2.45. The molecule has 0 radical (unpaired) electrons. The summed E-state index contributed by atoms with van der Waals surface area (Å²) in [5, 5.41) is 7.21. The van der Waals surface area contributed by atoms with Crippen molar-refractivity contribution in [3.63, 3.8) is 0 Å². The van der Waals surface area contributed by atoms with Crippen LogP contribution in [0, 0.1) is 13.8 Å². The number of carbonyl (C=O) groups is 2. The summed E-state index contributed by atoms with van der Waals surface area (Å²) < 4.78 is 1.85. The summed E-state index contributed by atoms with van der Waals surface area (Å²) in [4.78, 5) is 26.6. The van der Waals surface area contributed by atoms with Crippen molar-refractivity contribution < 1.29 is 9.59 Å². The van der Waals surface area contributed by atoms with E-state index in [0.29, 0.717) is 13.0 Å². The van der Waals surface area contributed by atoms with Gasteiger partial charge in [-0.3, -0.25) is 9.59 Å². The average Bonchev–Trinajstić information content (AvgIpc) is 3.16. The molecule has 0 saturated carbocycles. The molecule has 2 aromatic rings. The van der Waals surface area contributed by atoms with Gasteiger partial charge in [0, 0.05) is 30.9 Å². The molecule has 2 amide bonds. The van der Waals surface area contributed by atoms with Gasteiger partial charge in [-0.15, -0.1) is 0 Å². The number of hydrogen-bond acceptors (Lipinski definition) is 4. The summed E-state index contributed by atoms with van der Waals surface area (Å²) in [7, 11) is 1.58. The van der Waals surface area contributed by atoms with Gasteiger partial charge in [-0.25, -0.2) is 4.68 Å². The maximum Gasteiger partial charge on any atom is 0.242 e. The van der Waals surface area contributed by atoms with Crippen molar-refractivity contribution in [1.82, 2.24) is 20.0 Å². The Kier molecular flexibility index (Phi) is 5.08. The van der Waals surface area contributed by atoms with E-state index in [1.165, 1.54) is 0 Å². The molecule has 0 bridgehead atoms. The van der Waals surface area contributed by atoms with Crippen molar-refractivity contribution in [2.24, 2.45) is 5.73 Å². The Hall–Kier alpha value is -2.67. The number of aromatic nitrogens is 2. The molecule has 0 spiro atoms. The number of rotatable bonds is 4. The maximum absolute atomic E-state index is 12.9. The second kappa shape index (κ2) is 7.29. The highest BCUT2D eigenvalue weighted by atomic mass is 16.2. The van der Waals surface area contributed by atoms with Crippen LogP contribution in [0.25, 0.3) is 5.69 Å². The first-order valence-electron chi connectivity index (χ1n) is 8.79. The summed E-state index contributed by atoms with van der Waals surface area (Å²) in [5.41, 5.74) is 9.60. The molecule has 3 rings (SSSR count). The zero-order valence-electron chi connectivity index (χ0n) is 15.4. The molecular weight excluding hydrogens is 330 g/mol. The fourth-order valence-electron chi connectivity index (χ4n) is 3.56. The van der Waals surface area contributed by atoms with Gasteiger partial charge in [0.2, 0.25) is 11.8 Å². The number of amides is 2. The molecule has 1 aliphatic rings. The van der Waals surface area contributed by atoms with Crippen LogP contribution < -0.4 is 11.1 Å². The van der Waals surface area contributed by atoms with E-state index in [1.807, 2.05) is 48.9 Å². The predicted octanol–water partition coefficient (Wildman–Crippen LogP) is 0.706. The zero-order chi connectivity index (χ0) is 18.8. The molecule has 26 heavy (non-hydrogen) atoms. The number of nitrogens with zero attached hydrogens (tertiary/aromatic N) is 3. The van der Waals surface area contributed by atoms with Gasteiger partial charge in [0.1, 0.15) is 6.04 Å². The Bertz CT molecular complexity index is 815. The van der Waals surface area contributed by atoms with E-state index in [1.54, 1.807) is 11.9 Å². The van der Waals surface area contributed by atoms with Gasteiger partial charge in [0.25, 0.3) is 0 Å². The Morgan fingerprint density at radius 2 is 1.96 bits per heavy atom. The van der Waals surface area contributed by atoms with Crippen molar-refractivity contribution in [2.75, 3.05) is 13.6 Å². The van der Waals surface area contributed by atoms with Crippen molar-refractivity contribution in [3.8, 4) is 5.69 Å². The first kappa shape index (κ1) is 18.1. The van der Waals surface area contributed by atoms with Gasteiger partial charge < -0.3 is 16.0 Å². The van der Waals surface area contributed by atoms with Gasteiger partial charge >= 0.3 is 0 Å². The number of aryl methyl sites for hydroxylation is 1. The largest absolute Gasteiger partial charge is 0.357 e. The van der Waals surface area contributed by atoms with Gasteiger partial charge in [-0.1, -0.05) is 18.2 Å². The first-order valence-corrected chi connectivity index (χ1v) is 8.79. The van der Waals surface area contributed by atoms with Crippen LogP contribution in [-0.2, 0) is 16.0 Å². The van der Waals surface area contributed by atoms with Crippen LogP contribution in [0.5, 0.6) is 0 Å². The minimum atomic E-state index is -0.493. The second-order valence-corrected chi connectivity index (χ2v) is 6.75. The lowest BCUT2D eigenvalue weighted by Gasteiger charge is -2.23. The molecule has 2 heterocycles. The molecule has 1 fully saturated rings. The van der Waals surface area contributed by atoms with E-state index in [2.05, 4.69) is 10.4 Å². The van der Waals surface area contributed by atoms with Crippen molar-refractivity contribution in [2.45, 2.75) is 38.8 Å². The summed E-state index contributed by atoms with van der Waals surface area (Å²) >= 11 is 0. The Labute approximate surface area is 153 Å². The molecule has 1 aromatic heterocycles. The number of hydrogen-bond donors (Lipinski definition) is 2. The highest BCUT2D eigenvalue weighted by Crippen LogP contribution is 2.22. The van der Waals surface area contributed by atoms with Crippen molar-refractivity contribution in [3.05, 3.63) is 47.3 Å². The van der Waals surface area contributed by atoms with Crippen LogP contribution in [0.1, 0.15) is 23.4 Å². The molecular formula is C19H25N5O2. The molecule has 1 aromatic carbocycles. The van der Waals surface area contributed by atoms with Crippen LogP contribution >= 0.6 is 0 Å². The maximum atomic E-state index is 12.9. The van der Waals surface area contributed by atoms with Crippen LogP contribution in [-0.4, -0.2) is 52.2 Å². The molecule has 2 atom stereocenters. The minimum absolute atomic E-state index is 0.0923. The number of para-hydroxylation sites is 1. The number of carbonyl (C=O) groups excluding carboxylic acids is 2. The summed E-state index contributed by atoms with van der Waals surface area (Å²) in [5.74, 6) is -0.259. The van der Waals surface area contributed by atoms with Crippen LogP contribution in [0.2, 0.25) is 0 Å². The van der Waals surface area contributed by atoms with E-state index in [4.69, 9.17) is 5.73 Å². The average molecular weight is 355 g/mol. The molecule has 138 valence electrons. The Balaban J connectivity index is 1.84. The first-order chi connectivity index (χ1) is 12.4. The highest BCUT2D eigenvalue weighted by molar-refractivity contribution is 5.89. The minimum Gasteiger partial charge on any atom is -0.357 e. The molecule has 3 N–H and O–H groups in total. The normalized spacial score (nSPS) is 19.6. The van der Waals surface area contributed by atoms with Crippen molar-refractivity contribution >= 4 is 11.8 Å². The van der Waals surface area contributed by atoms with Gasteiger partial charge in [-0.05, 0) is 32.4 Å². The van der Waals surface area contributed by atoms with E-state index in [0.717, 1.165) is 22.6 Å². The number of nitrogens with two attached hydrogens (primary N) is 1. The summed E-state index contributed by atoms with van der Waals surface area (Å²) in [6.07, 6.45) is 0.706. The lowest BCUT2D eigenvalue weighted by molar-refractivity contribution is -0.137. The number of likely N-dealkylation sites (tertiary alicyclic amines) is 1. The van der Waals surface area contributed by atoms with E-state index in [-0.39, 0.29) is 24.3 Å². The van der Waals surface area contributed by atoms with Crippen LogP contribution in [0.15, 0.2) is 30.3 Å². The standard InChI is InChI=1S/C19H25N5O2/c1-12-16(13(2)24(22-12)15-7-5-4-6-8-15)10-18(25)23-11-14(20)9-17(23)19(26)21-3/h4-8,14,17H,9-11,20H2,1-3H3,(H,21,26)/t14-,17-/m0/s1. The molecule has 7 heteroatoms. The Morgan fingerprint density at radius 3 is 2.62 bits per heavy atom. The van der Waals surface area contributed by atoms with Gasteiger partial charge in [0.05, 0.1) is 17.8 Å². The summed E-state index contributed by atoms with van der Waals surface area (Å²) in [6.45, 7) is 4.27.